The van der Waals surface area contributed by atoms with Crippen LogP contribution in [-0.2, 0) is 0 Å². The smallest absolute Gasteiger partial charge is 0.0580 e. The first-order chi connectivity index (χ1) is 5.24. The molecule has 0 unspecified atom stereocenters. The van der Waals surface area contributed by atoms with E-state index < -0.39 is 0 Å². The number of aliphatic hydroxyl groups is 1. The zero-order valence-electron chi connectivity index (χ0n) is 7.56. The van der Waals surface area contributed by atoms with Crippen LogP contribution >= 0.6 is 0 Å². The SMILES string of the molecule is C=C=C(CCC)C[C@@H](O)CC. The highest BCUT2D eigenvalue weighted by molar-refractivity contribution is 5.00. The van der Waals surface area contributed by atoms with Crippen molar-refractivity contribution in [2.45, 2.75) is 45.6 Å². The van der Waals surface area contributed by atoms with Gasteiger partial charge in [-0.1, -0.05) is 26.8 Å². The number of hydrogen-bond acceptors (Lipinski definition) is 1. The Morgan fingerprint density at radius 3 is 2.55 bits per heavy atom. The largest absolute Gasteiger partial charge is 0.393 e. The second-order valence-corrected chi connectivity index (χ2v) is 2.80. The van der Waals surface area contributed by atoms with Crippen molar-refractivity contribution in [2.75, 3.05) is 0 Å². The van der Waals surface area contributed by atoms with Crippen molar-refractivity contribution in [3.63, 3.8) is 0 Å². The highest BCUT2D eigenvalue weighted by Gasteiger charge is 2.03. The van der Waals surface area contributed by atoms with Gasteiger partial charge >= 0.3 is 0 Å². The Hall–Kier alpha value is -0.520. The first kappa shape index (κ1) is 10.5. The molecular formula is C10H18O. The Bertz CT molecular complexity index is 143. The Morgan fingerprint density at radius 2 is 2.18 bits per heavy atom. The molecule has 0 radical (unpaired) electrons. The summed E-state index contributed by atoms with van der Waals surface area (Å²) >= 11 is 0. The van der Waals surface area contributed by atoms with Crippen LogP contribution in [0.3, 0.4) is 0 Å². The van der Waals surface area contributed by atoms with Crippen molar-refractivity contribution in [1.29, 1.82) is 0 Å². The van der Waals surface area contributed by atoms with Crippen LogP contribution in [0.5, 0.6) is 0 Å². The van der Waals surface area contributed by atoms with Crippen molar-refractivity contribution >= 4 is 0 Å². The average Bonchev–Trinajstić information content (AvgIpc) is 2.03. The molecule has 0 aromatic heterocycles. The summed E-state index contributed by atoms with van der Waals surface area (Å²) in [6.07, 6.45) is 3.48. The normalized spacial score (nSPS) is 12.3. The quantitative estimate of drug-likeness (QED) is 0.603. The van der Waals surface area contributed by atoms with Gasteiger partial charge in [-0.15, -0.1) is 5.73 Å². The predicted molar refractivity (Wildman–Crippen MR) is 48.5 cm³/mol. The number of rotatable bonds is 5. The minimum Gasteiger partial charge on any atom is -0.393 e. The molecule has 0 saturated heterocycles. The number of aliphatic hydroxyl groups excluding tert-OH is 1. The molecule has 0 aliphatic heterocycles. The molecule has 0 rings (SSSR count). The Kier molecular flexibility index (Phi) is 5.91. The van der Waals surface area contributed by atoms with Gasteiger partial charge in [0.15, 0.2) is 0 Å². The van der Waals surface area contributed by atoms with E-state index in [1.165, 1.54) is 0 Å². The fourth-order valence-electron chi connectivity index (χ4n) is 0.993. The van der Waals surface area contributed by atoms with E-state index in [4.69, 9.17) is 0 Å². The molecule has 0 aliphatic carbocycles. The van der Waals surface area contributed by atoms with Crippen LogP contribution in [0.1, 0.15) is 39.5 Å². The summed E-state index contributed by atoms with van der Waals surface area (Å²) in [5, 5.41) is 9.30. The van der Waals surface area contributed by atoms with E-state index in [1.807, 2.05) is 6.92 Å². The summed E-state index contributed by atoms with van der Waals surface area (Å²) in [5.74, 6) is 0. The van der Waals surface area contributed by atoms with Crippen LogP contribution in [0, 0.1) is 0 Å². The van der Waals surface area contributed by atoms with Gasteiger partial charge < -0.3 is 5.11 Å². The number of hydrogen-bond donors (Lipinski definition) is 1. The van der Waals surface area contributed by atoms with Gasteiger partial charge in [-0.25, -0.2) is 0 Å². The summed E-state index contributed by atoms with van der Waals surface area (Å²) in [6, 6.07) is 0. The molecule has 0 heterocycles. The zero-order valence-corrected chi connectivity index (χ0v) is 7.56. The third-order valence-electron chi connectivity index (χ3n) is 1.76. The molecule has 1 nitrogen and oxygen atoms in total. The lowest BCUT2D eigenvalue weighted by molar-refractivity contribution is 0.169. The lowest BCUT2D eigenvalue weighted by Crippen LogP contribution is -2.05. The minimum absolute atomic E-state index is 0.203. The molecule has 11 heavy (non-hydrogen) atoms. The van der Waals surface area contributed by atoms with Crippen LogP contribution in [-0.4, -0.2) is 11.2 Å². The van der Waals surface area contributed by atoms with Gasteiger partial charge in [0.05, 0.1) is 6.10 Å². The zero-order chi connectivity index (χ0) is 8.69. The Balaban J connectivity index is 3.79. The van der Waals surface area contributed by atoms with Crippen LogP contribution in [0.15, 0.2) is 17.9 Å². The molecule has 0 amide bonds. The molecule has 0 fully saturated rings. The standard InChI is InChI=1S/C10H18O/c1-4-7-9(5-2)8-10(11)6-3/h10-11H,2,4,6-8H2,1,3H3/t10-/m0/s1. The van der Waals surface area contributed by atoms with Crippen molar-refractivity contribution in [3.8, 4) is 0 Å². The highest BCUT2D eigenvalue weighted by Crippen LogP contribution is 2.11. The molecule has 0 bridgehead atoms. The van der Waals surface area contributed by atoms with Crippen LogP contribution in [0.4, 0.5) is 0 Å². The van der Waals surface area contributed by atoms with Gasteiger partial charge in [0.25, 0.3) is 0 Å². The molecule has 0 aromatic rings. The first-order valence-corrected chi connectivity index (χ1v) is 4.30. The van der Waals surface area contributed by atoms with Gasteiger partial charge in [0, 0.05) is 6.42 Å². The monoisotopic (exact) mass is 154 g/mol. The first-order valence-electron chi connectivity index (χ1n) is 4.30. The highest BCUT2D eigenvalue weighted by atomic mass is 16.3. The molecule has 1 heteroatoms. The average molecular weight is 154 g/mol. The molecule has 0 aliphatic rings. The van der Waals surface area contributed by atoms with Crippen LogP contribution in [0.25, 0.3) is 0 Å². The summed E-state index contributed by atoms with van der Waals surface area (Å²) in [5.41, 5.74) is 4.03. The molecular weight excluding hydrogens is 136 g/mol. The van der Waals surface area contributed by atoms with Crippen LogP contribution < -0.4 is 0 Å². The second-order valence-electron chi connectivity index (χ2n) is 2.80. The molecule has 64 valence electrons. The Morgan fingerprint density at radius 1 is 1.55 bits per heavy atom. The Labute approximate surface area is 69.4 Å². The molecule has 0 saturated carbocycles. The van der Waals surface area contributed by atoms with Crippen LogP contribution in [0.2, 0.25) is 0 Å². The summed E-state index contributed by atoms with van der Waals surface area (Å²) in [6.45, 7) is 7.70. The van der Waals surface area contributed by atoms with Crippen molar-refractivity contribution in [1.82, 2.24) is 0 Å². The fraction of sp³-hybridized carbons (Fsp3) is 0.700. The molecule has 0 spiro atoms. The third-order valence-corrected chi connectivity index (χ3v) is 1.76. The maximum Gasteiger partial charge on any atom is 0.0580 e. The van der Waals surface area contributed by atoms with E-state index in [-0.39, 0.29) is 6.10 Å². The summed E-state index contributed by atoms with van der Waals surface area (Å²) in [4.78, 5) is 0. The van der Waals surface area contributed by atoms with Gasteiger partial charge in [0.2, 0.25) is 0 Å². The van der Waals surface area contributed by atoms with E-state index in [1.54, 1.807) is 0 Å². The lowest BCUT2D eigenvalue weighted by atomic mass is 10.0. The lowest BCUT2D eigenvalue weighted by Gasteiger charge is -2.08. The predicted octanol–water partition coefficient (Wildman–Crippen LogP) is 2.66. The van der Waals surface area contributed by atoms with Gasteiger partial charge in [-0.2, -0.15) is 0 Å². The molecule has 1 N–H and O–H groups in total. The molecule has 0 aromatic carbocycles. The van der Waals surface area contributed by atoms with Gasteiger partial charge in [-0.05, 0) is 18.4 Å². The topological polar surface area (TPSA) is 20.2 Å². The van der Waals surface area contributed by atoms with E-state index in [0.717, 1.165) is 31.3 Å². The summed E-state index contributed by atoms with van der Waals surface area (Å²) in [7, 11) is 0. The van der Waals surface area contributed by atoms with Gasteiger partial charge in [0.1, 0.15) is 0 Å². The van der Waals surface area contributed by atoms with E-state index in [9.17, 15) is 5.11 Å². The fourth-order valence-corrected chi connectivity index (χ4v) is 0.993. The van der Waals surface area contributed by atoms with Crippen molar-refractivity contribution in [2.24, 2.45) is 0 Å². The third kappa shape index (κ3) is 4.83. The van der Waals surface area contributed by atoms with Crippen molar-refractivity contribution < 1.29 is 5.11 Å². The second kappa shape index (κ2) is 6.21. The van der Waals surface area contributed by atoms with Crippen molar-refractivity contribution in [3.05, 3.63) is 17.9 Å². The van der Waals surface area contributed by atoms with E-state index >= 15 is 0 Å². The van der Waals surface area contributed by atoms with Gasteiger partial charge in [-0.3, -0.25) is 0 Å². The molecule has 1 atom stereocenters. The van der Waals surface area contributed by atoms with E-state index in [0.29, 0.717) is 0 Å². The maximum atomic E-state index is 9.30. The van der Waals surface area contributed by atoms with E-state index in [2.05, 4.69) is 19.2 Å². The minimum atomic E-state index is -0.203. The maximum absolute atomic E-state index is 9.30. The summed E-state index contributed by atoms with van der Waals surface area (Å²) < 4.78 is 0.